The Kier molecular flexibility index (Phi) is 6.47. The molecule has 0 fully saturated rings. The van der Waals surface area contributed by atoms with E-state index in [0.717, 1.165) is 21.9 Å². The topological polar surface area (TPSA) is 66.5 Å². The Balaban J connectivity index is 2.43. The zero-order valence-corrected chi connectivity index (χ0v) is 17.7. The fourth-order valence-electron chi connectivity index (χ4n) is 2.70. The second kappa shape index (κ2) is 8.22. The highest BCUT2D eigenvalue weighted by atomic mass is 79.9. The van der Waals surface area contributed by atoms with Gasteiger partial charge in [-0.3, -0.25) is 9.10 Å². The number of sulfonamides is 1. The van der Waals surface area contributed by atoms with Crippen molar-refractivity contribution in [3.05, 3.63) is 58.1 Å². The van der Waals surface area contributed by atoms with E-state index in [0.29, 0.717) is 17.8 Å². The number of benzene rings is 2. The van der Waals surface area contributed by atoms with E-state index in [2.05, 4.69) is 21.2 Å². The average Bonchev–Trinajstić information content (AvgIpc) is 2.56. The zero-order valence-electron chi connectivity index (χ0n) is 15.3. The van der Waals surface area contributed by atoms with E-state index in [9.17, 15) is 13.2 Å². The van der Waals surface area contributed by atoms with Crippen LogP contribution in [0.4, 0.5) is 11.4 Å². The quantitative estimate of drug-likeness (QED) is 0.732. The molecule has 2 aromatic carbocycles. The Labute approximate surface area is 163 Å². The molecule has 26 heavy (non-hydrogen) atoms. The molecule has 5 nitrogen and oxygen atoms in total. The van der Waals surface area contributed by atoms with Crippen molar-refractivity contribution in [2.24, 2.45) is 0 Å². The Morgan fingerprint density at radius 1 is 1.15 bits per heavy atom. The fourth-order valence-corrected chi connectivity index (χ4v) is 4.29. The molecule has 1 amide bonds. The summed E-state index contributed by atoms with van der Waals surface area (Å²) in [5.41, 5.74) is 3.12. The van der Waals surface area contributed by atoms with Crippen molar-refractivity contribution >= 4 is 43.2 Å². The van der Waals surface area contributed by atoms with Crippen molar-refractivity contribution in [3.63, 3.8) is 0 Å². The number of nitrogens with one attached hydrogen (secondary N) is 1. The standard InChI is InChI=1S/C19H23BrN2O3S/c1-5-18(19(23)21-17-9-7-6-8-16(17)20)22(26(4,24)25)15-11-10-13(2)14(3)12-15/h6-12,18H,5H2,1-4H3,(H,21,23). The van der Waals surface area contributed by atoms with Crippen LogP contribution >= 0.6 is 15.9 Å². The summed E-state index contributed by atoms with van der Waals surface area (Å²) >= 11 is 3.39. The molecule has 1 atom stereocenters. The van der Waals surface area contributed by atoms with Gasteiger partial charge in [0.1, 0.15) is 6.04 Å². The number of nitrogens with zero attached hydrogens (tertiary/aromatic N) is 1. The number of amides is 1. The lowest BCUT2D eigenvalue weighted by molar-refractivity contribution is -0.117. The number of carbonyl (C=O) groups is 1. The molecular formula is C19H23BrN2O3S. The third-order valence-electron chi connectivity index (χ3n) is 4.21. The molecule has 0 heterocycles. The van der Waals surface area contributed by atoms with Gasteiger partial charge in [0, 0.05) is 4.47 Å². The molecule has 0 spiro atoms. The number of para-hydroxylation sites is 1. The van der Waals surface area contributed by atoms with Gasteiger partial charge in [0.15, 0.2) is 0 Å². The maximum absolute atomic E-state index is 12.9. The molecule has 1 N–H and O–H groups in total. The van der Waals surface area contributed by atoms with Crippen LogP contribution in [0, 0.1) is 13.8 Å². The van der Waals surface area contributed by atoms with Gasteiger partial charge in [-0.05, 0) is 71.6 Å². The van der Waals surface area contributed by atoms with Crippen LogP contribution in [-0.2, 0) is 14.8 Å². The highest BCUT2D eigenvalue weighted by Crippen LogP contribution is 2.27. The van der Waals surface area contributed by atoms with Crippen LogP contribution in [0.5, 0.6) is 0 Å². The van der Waals surface area contributed by atoms with Gasteiger partial charge in [0.05, 0.1) is 17.6 Å². The molecular weight excluding hydrogens is 416 g/mol. The Morgan fingerprint density at radius 2 is 1.81 bits per heavy atom. The smallest absolute Gasteiger partial charge is 0.248 e. The maximum atomic E-state index is 12.9. The summed E-state index contributed by atoms with van der Waals surface area (Å²) in [5.74, 6) is -0.372. The lowest BCUT2D eigenvalue weighted by Gasteiger charge is -2.30. The minimum Gasteiger partial charge on any atom is -0.323 e. The molecule has 1 unspecified atom stereocenters. The Morgan fingerprint density at radius 3 is 2.35 bits per heavy atom. The highest BCUT2D eigenvalue weighted by molar-refractivity contribution is 9.10. The molecule has 0 aliphatic rings. The number of aryl methyl sites for hydroxylation is 2. The number of hydrogen-bond acceptors (Lipinski definition) is 3. The van der Waals surface area contributed by atoms with Gasteiger partial charge >= 0.3 is 0 Å². The van der Waals surface area contributed by atoms with Crippen molar-refractivity contribution in [1.29, 1.82) is 0 Å². The third kappa shape index (κ3) is 4.65. The van der Waals surface area contributed by atoms with Crippen LogP contribution in [0.25, 0.3) is 0 Å². The molecule has 0 aliphatic carbocycles. The average molecular weight is 439 g/mol. The van der Waals surface area contributed by atoms with E-state index in [1.165, 1.54) is 4.31 Å². The normalized spacial score (nSPS) is 12.5. The summed E-state index contributed by atoms with van der Waals surface area (Å²) in [5, 5.41) is 2.82. The van der Waals surface area contributed by atoms with Gasteiger partial charge in [-0.25, -0.2) is 8.42 Å². The van der Waals surface area contributed by atoms with Gasteiger partial charge in [-0.15, -0.1) is 0 Å². The summed E-state index contributed by atoms with van der Waals surface area (Å²) in [6.45, 7) is 5.67. The van der Waals surface area contributed by atoms with E-state index in [4.69, 9.17) is 0 Å². The molecule has 0 aromatic heterocycles. The minimum absolute atomic E-state index is 0.344. The molecule has 2 aromatic rings. The zero-order chi connectivity index (χ0) is 19.5. The first-order valence-electron chi connectivity index (χ1n) is 8.27. The van der Waals surface area contributed by atoms with Crippen LogP contribution in [0.2, 0.25) is 0 Å². The fraction of sp³-hybridized carbons (Fsp3) is 0.316. The van der Waals surface area contributed by atoms with E-state index in [1.54, 1.807) is 31.2 Å². The molecule has 0 radical (unpaired) electrons. The second-order valence-corrected chi connectivity index (χ2v) is 8.93. The van der Waals surface area contributed by atoms with E-state index < -0.39 is 16.1 Å². The molecule has 0 aliphatic heterocycles. The van der Waals surface area contributed by atoms with Gasteiger partial charge in [-0.2, -0.15) is 0 Å². The number of anilines is 2. The van der Waals surface area contributed by atoms with Crippen LogP contribution in [0.15, 0.2) is 46.9 Å². The first-order valence-corrected chi connectivity index (χ1v) is 10.9. The van der Waals surface area contributed by atoms with E-state index >= 15 is 0 Å². The second-order valence-electron chi connectivity index (χ2n) is 6.22. The Bertz CT molecular complexity index is 913. The molecule has 140 valence electrons. The van der Waals surface area contributed by atoms with Gasteiger partial charge in [0.25, 0.3) is 0 Å². The SMILES string of the molecule is CCC(C(=O)Nc1ccccc1Br)N(c1ccc(C)c(C)c1)S(C)(=O)=O. The minimum atomic E-state index is -3.65. The van der Waals surface area contributed by atoms with Crippen LogP contribution in [-0.4, -0.2) is 26.6 Å². The van der Waals surface area contributed by atoms with Gasteiger partial charge < -0.3 is 5.32 Å². The monoisotopic (exact) mass is 438 g/mol. The highest BCUT2D eigenvalue weighted by Gasteiger charge is 2.31. The third-order valence-corrected chi connectivity index (χ3v) is 6.08. The lowest BCUT2D eigenvalue weighted by atomic mass is 10.1. The molecule has 7 heteroatoms. The van der Waals surface area contributed by atoms with Crippen LogP contribution < -0.4 is 9.62 Å². The van der Waals surface area contributed by atoms with E-state index in [1.807, 2.05) is 32.0 Å². The van der Waals surface area contributed by atoms with Crippen molar-refractivity contribution < 1.29 is 13.2 Å². The van der Waals surface area contributed by atoms with Gasteiger partial charge in [-0.1, -0.05) is 25.1 Å². The summed E-state index contributed by atoms with van der Waals surface area (Å²) in [6.07, 6.45) is 1.47. The van der Waals surface area contributed by atoms with Crippen LogP contribution in [0.1, 0.15) is 24.5 Å². The van der Waals surface area contributed by atoms with Crippen molar-refractivity contribution in [1.82, 2.24) is 0 Å². The molecule has 2 rings (SSSR count). The first kappa shape index (κ1) is 20.5. The summed E-state index contributed by atoms with van der Waals surface area (Å²) in [6, 6.07) is 11.8. The summed E-state index contributed by atoms with van der Waals surface area (Å²) in [4.78, 5) is 12.9. The molecule has 0 saturated heterocycles. The number of carbonyl (C=O) groups excluding carboxylic acids is 1. The largest absolute Gasteiger partial charge is 0.323 e. The number of halogens is 1. The van der Waals surface area contributed by atoms with Crippen molar-refractivity contribution in [3.8, 4) is 0 Å². The predicted molar refractivity (Wildman–Crippen MR) is 110 cm³/mol. The number of hydrogen-bond donors (Lipinski definition) is 1. The number of rotatable bonds is 6. The summed E-state index contributed by atoms with van der Waals surface area (Å²) < 4.78 is 26.9. The van der Waals surface area contributed by atoms with Gasteiger partial charge in [0.2, 0.25) is 15.9 Å². The molecule has 0 saturated carbocycles. The van der Waals surface area contributed by atoms with E-state index in [-0.39, 0.29) is 5.91 Å². The van der Waals surface area contributed by atoms with Crippen LogP contribution in [0.3, 0.4) is 0 Å². The van der Waals surface area contributed by atoms with Crippen molar-refractivity contribution in [2.45, 2.75) is 33.2 Å². The van der Waals surface area contributed by atoms with Crippen molar-refractivity contribution in [2.75, 3.05) is 15.9 Å². The Hall–Kier alpha value is -1.86. The summed E-state index contributed by atoms with van der Waals surface area (Å²) in [7, 11) is -3.65. The molecule has 0 bridgehead atoms. The first-order chi connectivity index (χ1) is 12.1. The predicted octanol–water partition coefficient (Wildman–Crippen LogP) is 4.25. The maximum Gasteiger partial charge on any atom is 0.248 e. The lowest BCUT2D eigenvalue weighted by Crippen LogP contribution is -2.47.